The van der Waals surface area contributed by atoms with Gasteiger partial charge in [-0.15, -0.1) is 0 Å². The van der Waals surface area contributed by atoms with Crippen LogP contribution in [0.4, 0.5) is 8.78 Å². The molecule has 0 unspecified atom stereocenters. The molecule has 33 heavy (non-hydrogen) atoms. The smallest absolute Gasteiger partial charge is 0.217 e. The van der Waals surface area contributed by atoms with E-state index in [9.17, 15) is 13.6 Å². The maximum atomic E-state index is 13.7. The van der Waals surface area contributed by atoms with Crippen molar-refractivity contribution in [1.29, 1.82) is 0 Å². The van der Waals surface area contributed by atoms with Crippen molar-refractivity contribution >= 4 is 5.91 Å². The van der Waals surface area contributed by atoms with Gasteiger partial charge < -0.3 is 16.4 Å². The lowest BCUT2D eigenvalue weighted by Gasteiger charge is -2.41. The predicted molar refractivity (Wildman–Crippen MR) is 129 cm³/mol. The van der Waals surface area contributed by atoms with Gasteiger partial charge in [0.15, 0.2) is 0 Å². The van der Waals surface area contributed by atoms with Crippen LogP contribution < -0.4 is 16.4 Å². The normalized spacial score (nSPS) is 17.5. The first kappa shape index (κ1) is 25.3. The van der Waals surface area contributed by atoms with Crippen LogP contribution in [0.15, 0.2) is 42.5 Å². The highest BCUT2D eigenvalue weighted by Crippen LogP contribution is 2.38. The quantitative estimate of drug-likeness (QED) is 0.501. The number of rotatable bonds is 9. The third-order valence-corrected chi connectivity index (χ3v) is 6.77. The van der Waals surface area contributed by atoms with E-state index in [0.29, 0.717) is 18.0 Å². The first-order valence-corrected chi connectivity index (χ1v) is 12.0. The van der Waals surface area contributed by atoms with Crippen molar-refractivity contribution in [2.75, 3.05) is 6.54 Å². The van der Waals surface area contributed by atoms with Gasteiger partial charge in [-0.2, -0.15) is 0 Å². The van der Waals surface area contributed by atoms with Gasteiger partial charge in [-0.1, -0.05) is 57.4 Å². The van der Waals surface area contributed by atoms with Crippen molar-refractivity contribution in [1.82, 2.24) is 10.6 Å². The summed E-state index contributed by atoms with van der Waals surface area (Å²) in [6, 6.07) is 11.3. The average molecular weight is 458 g/mol. The van der Waals surface area contributed by atoms with Crippen LogP contribution >= 0.6 is 0 Å². The Morgan fingerprint density at radius 1 is 1.06 bits per heavy atom. The Hall–Kier alpha value is -2.31. The summed E-state index contributed by atoms with van der Waals surface area (Å²) >= 11 is 0. The summed E-state index contributed by atoms with van der Waals surface area (Å²) in [7, 11) is 0. The average Bonchev–Trinajstić information content (AvgIpc) is 2.77. The Morgan fingerprint density at radius 3 is 2.33 bits per heavy atom. The fourth-order valence-corrected chi connectivity index (χ4v) is 4.93. The first-order valence-electron chi connectivity index (χ1n) is 12.0. The number of hydrogen-bond acceptors (Lipinski definition) is 3. The molecule has 0 aliphatic heterocycles. The molecule has 2 aromatic carbocycles. The van der Waals surface area contributed by atoms with Crippen LogP contribution in [0.1, 0.15) is 75.5 Å². The second kappa shape index (κ2) is 11.2. The summed E-state index contributed by atoms with van der Waals surface area (Å²) in [5.41, 5.74) is 9.46. The van der Waals surface area contributed by atoms with E-state index < -0.39 is 23.7 Å². The Labute approximate surface area is 196 Å². The summed E-state index contributed by atoms with van der Waals surface area (Å²) in [6.07, 6.45) is 5.83. The highest BCUT2D eigenvalue weighted by atomic mass is 19.1. The number of benzene rings is 2. The number of nitrogens with one attached hydrogen (secondary N) is 2. The van der Waals surface area contributed by atoms with Crippen molar-refractivity contribution in [3.05, 3.63) is 70.8 Å². The van der Waals surface area contributed by atoms with Crippen LogP contribution in [0.5, 0.6) is 0 Å². The summed E-state index contributed by atoms with van der Waals surface area (Å²) in [4.78, 5) is 11.8. The van der Waals surface area contributed by atoms with Crippen molar-refractivity contribution in [2.45, 2.75) is 82.8 Å². The lowest BCUT2D eigenvalue weighted by molar-refractivity contribution is -0.119. The number of amides is 1. The van der Waals surface area contributed by atoms with E-state index in [-0.39, 0.29) is 17.9 Å². The molecule has 1 amide bonds. The van der Waals surface area contributed by atoms with Gasteiger partial charge in [-0.3, -0.25) is 4.79 Å². The van der Waals surface area contributed by atoms with E-state index in [1.165, 1.54) is 36.6 Å². The Bertz CT molecular complexity index is 920. The van der Waals surface area contributed by atoms with Gasteiger partial charge in [0, 0.05) is 37.2 Å². The molecule has 2 aromatic rings. The van der Waals surface area contributed by atoms with E-state index in [1.807, 2.05) is 0 Å². The molecular weight excluding hydrogens is 420 g/mol. The molecule has 0 saturated heterocycles. The zero-order chi connectivity index (χ0) is 24.0. The summed E-state index contributed by atoms with van der Waals surface area (Å²) in [5, 5.41) is 6.64. The topological polar surface area (TPSA) is 67.2 Å². The molecule has 4 nitrogen and oxygen atoms in total. The molecule has 2 atom stereocenters. The fraction of sp³-hybridized carbons (Fsp3) is 0.519. The summed E-state index contributed by atoms with van der Waals surface area (Å²) < 4.78 is 27.4. The third kappa shape index (κ3) is 6.84. The Morgan fingerprint density at radius 2 is 1.73 bits per heavy atom. The maximum Gasteiger partial charge on any atom is 0.217 e. The third-order valence-electron chi connectivity index (χ3n) is 6.77. The van der Waals surface area contributed by atoms with Gasteiger partial charge in [0.2, 0.25) is 5.91 Å². The van der Waals surface area contributed by atoms with Gasteiger partial charge in [-0.05, 0) is 54.0 Å². The number of halogens is 2. The van der Waals surface area contributed by atoms with Crippen LogP contribution in [0.25, 0.3) is 0 Å². The second-order valence-corrected chi connectivity index (χ2v) is 9.76. The van der Waals surface area contributed by atoms with Crippen LogP contribution in [0, 0.1) is 11.6 Å². The van der Waals surface area contributed by atoms with Gasteiger partial charge in [-0.25, -0.2) is 8.78 Å². The minimum Gasteiger partial charge on any atom is -0.352 e. The molecule has 4 N–H and O–H groups in total. The van der Waals surface area contributed by atoms with Gasteiger partial charge >= 0.3 is 0 Å². The number of carbonyl (C=O) groups excluding carboxylic acids is 1. The lowest BCUT2D eigenvalue weighted by Crippen LogP contribution is -2.56. The molecule has 0 radical (unpaired) electrons. The molecule has 1 aliphatic carbocycles. The molecule has 0 spiro atoms. The van der Waals surface area contributed by atoms with Crippen molar-refractivity contribution in [2.24, 2.45) is 5.73 Å². The molecule has 1 aliphatic rings. The molecule has 3 rings (SSSR count). The van der Waals surface area contributed by atoms with E-state index in [1.54, 1.807) is 0 Å². The molecule has 6 heteroatoms. The van der Waals surface area contributed by atoms with Crippen LogP contribution in [0.2, 0.25) is 0 Å². The molecule has 1 saturated carbocycles. The highest BCUT2D eigenvalue weighted by Gasteiger charge is 2.34. The SMILES string of the molecule is CC(=O)N[C@@H](Cc1cc(F)cc(F)c1)[C@H](N)CNC1(c2cccc(C(C)C)c2)CCCCC1. The summed E-state index contributed by atoms with van der Waals surface area (Å²) in [5.74, 6) is -1.04. The molecular formula is C27H37F2N3O. The second-order valence-electron chi connectivity index (χ2n) is 9.76. The van der Waals surface area contributed by atoms with Crippen molar-refractivity contribution < 1.29 is 13.6 Å². The van der Waals surface area contributed by atoms with Gasteiger partial charge in [0.25, 0.3) is 0 Å². The van der Waals surface area contributed by atoms with E-state index >= 15 is 0 Å². The molecule has 1 fully saturated rings. The van der Waals surface area contributed by atoms with Crippen molar-refractivity contribution in [3.63, 3.8) is 0 Å². The highest BCUT2D eigenvalue weighted by molar-refractivity contribution is 5.73. The van der Waals surface area contributed by atoms with Gasteiger partial charge in [0.1, 0.15) is 11.6 Å². The minimum atomic E-state index is -0.635. The molecule has 180 valence electrons. The fourth-order valence-electron chi connectivity index (χ4n) is 4.93. The Balaban J connectivity index is 1.78. The largest absolute Gasteiger partial charge is 0.352 e. The molecule has 0 heterocycles. The van der Waals surface area contributed by atoms with Gasteiger partial charge in [0.05, 0.1) is 0 Å². The monoisotopic (exact) mass is 457 g/mol. The van der Waals surface area contributed by atoms with E-state index in [2.05, 4.69) is 48.7 Å². The standard InChI is InChI=1S/C27H37F2N3O/c1-18(2)21-8-7-9-22(15-21)27(10-5-4-6-11-27)31-17-25(30)26(32-19(3)33)14-20-12-23(28)16-24(29)13-20/h7-9,12-13,15-16,18,25-26,31H,4-6,10-11,14,17,30H2,1-3H3,(H,32,33)/t25-,26+/m1/s1. The number of nitrogens with two attached hydrogens (primary N) is 1. The van der Waals surface area contributed by atoms with Crippen LogP contribution in [-0.4, -0.2) is 24.5 Å². The molecule has 0 bridgehead atoms. The van der Waals surface area contributed by atoms with Crippen LogP contribution in [0.3, 0.4) is 0 Å². The summed E-state index contributed by atoms with van der Waals surface area (Å²) in [6.45, 7) is 6.31. The Kier molecular flexibility index (Phi) is 8.60. The molecule has 0 aromatic heterocycles. The zero-order valence-corrected chi connectivity index (χ0v) is 20.0. The maximum absolute atomic E-state index is 13.7. The minimum absolute atomic E-state index is 0.160. The van der Waals surface area contributed by atoms with E-state index in [4.69, 9.17) is 5.73 Å². The number of carbonyl (C=O) groups is 1. The predicted octanol–water partition coefficient (Wildman–Crippen LogP) is 4.91. The van der Waals surface area contributed by atoms with Crippen LogP contribution in [-0.2, 0) is 16.8 Å². The zero-order valence-electron chi connectivity index (χ0n) is 20.0. The van der Waals surface area contributed by atoms with Crippen molar-refractivity contribution in [3.8, 4) is 0 Å². The number of hydrogen-bond donors (Lipinski definition) is 3. The van der Waals surface area contributed by atoms with E-state index in [0.717, 1.165) is 31.7 Å². The first-order chi connectivity index (χ1) is 15.7. The lowest BCUT2D eigenvalue weighted by atomic mass is 9.75.